The van der Waals surface area contributed by atoms with Crippen LogP contribution in [-0.2, 0) is 17.8 Å². The van der Waals surface area contributed by atoms with Crippen LogP contribution in [0.4, 0.5) is 0 Å². The maximum atomic E-state index is 13.7. The lowest BCUT2D eigenvalue weighted by Gasteiger charge is -2.40. The standard InChI is InChI=1S/C33H40N4O4/c1-5-6-7-9-12-26-15-17-28(18-16-26)31(38)37-20-19-36(21-23(37)2)32(39)30-29(24(3)34-25(4)35-30)33(40)41-22-27-13-10-8-11-14-27/h8,10-11,13-18,23H,5-7,9,12,19-22H2,1-4H3. The molecule has 1 aliphatic rings. The Balaban J connectivity index is 1.42. The van der Waals surface area contributed by atoms with Gasteiger partial charge in [-0.15, -0.1) is 0 Å². The zero-order valence-corrected chi connectivity index (χ0v) is 24.6. The molecule has 1 unspecified atom stereocenters. The Bertz CT molecular complexity index is 1360. The SMILES string of the molecule is CCCCCCc1ccc(C(=O)N2CCN(C(=O)c3nc(C)nc(C)c3C(=O)OCc3ccccc3)CC2C)cc1. The maximum Gasteiger partial charge on any atom is 0.342 e. The first-order chi connectivity index (χ1) is 19.8. The first-order valence-corrected chi connectivity index (χ1v) is 14.5. The van der Waals surface area contributed by atoms with Gasteiger partial charge in [0, 0.05) is 31.2 Å². The highest BCUT2D eigenvalue weighted by molar-refractivity contribution is 6.04. The van der Waals surface area contributed by atoms with Crippen molar-refractivity contribution in [2.24, 2.45) is 0 Å². The van der Waals surface area contributed by atoms with Gasteiger partial charge in [0.05, 0.1) is 5.69 Å². The van der Waals surface area contributed by atoms with Crippen LogP contribution in [0.2, 0.25) is 0 Å². The topological polar surface area (TPSA) is 92.7 Å². The number of aromatic nitrogens is 2. The average molecular weight is 557 g/mol. The van der Waals surface area contributed by atoms with Crippen molar-refractivity contribution in [2.45, 2.75) is 72.4 Å². The van der Waals surface area contributed by atoms with E-state index in [1.165, 1.54) is 24.8 Å². The maximum absolute atomic E-state index is 13.7. The zero-order chi connectivity index (χ0) is 29.4. The summed E-state index contributed by atoms with van der Waals surface area (Å²) in [5.41, 5.74) is 3.26. The van der Waals surface area contributed by atoms with Crippen molar-refractivity contribution in [3.05, 3.63) is 94.1 Å². The molecule has 0 N–H and O–H groups in total. The molecule has 216 valence electrons. The van der Waals surface area contributed by atoms with E-state index in [2.05, 4.69) is 16.9 Å². The molecule has 1 aromatic heterocycles. The molecule has 8 heteroatoms. The van der Waals surface area contributed by atoms with Gasteiger partial charge in [0.25, 0.3) is 11.8 Å². The molecule has 8 nitrogen and oxygen atoms in total. The number of piperazine rings is 1. The Hall–Kier alpha value is -4.07. The third kappa shape index (κ3) is 7.57. The first kappa shape index (κ1) is 29.9. The van der Waals surface area contributed by atoms with E-state index in [1.54, 1.807) is 18.7 Å². The van der Waals surface area contributed by atoms with Crippen LogP contribution >= 0.6 is 0 Å². The summed E-state index contributed by atoms with van der Waals surface area (Å²) in [5.74, 6) is -0.635. The zero-order valence-electron chi connectivity index (χ0n) is 24.6. The molecular weight excluding hydrogens is 516 g/mol. The summed E-state index contributed by atoms with van der Waals surface area (Å²) in [6, 6.07) is 17.0. The Labute approximate surface area is 242 Å². The second-order valence-corrected chi connectivity index (χ2v) is 10.7. The summed E-state index contributed by atoms with van der Waals surface area (Å²) in [7, 11) is 0. The molecule has 0 aliphatic carbocycles. The molecule has 0 radical (unpaired) electrons. The lowest BCUT2D eigenvalue weighted by molar-refractivity contribution is 0.0401. The van der Waals surface area contributed by atoms with Gasteiger partial charge < -0.3 is 14.5 Å². The second kappa shape index (κ2) is 14.0. The van der Waals surface area contributed by atoms with Crippen molar-refractivity contribution in [2.75, 3.05) is 19.6 Å². The lowest BCUT2D eigenvalue weighted by atomic mass is 10.0. The molecular formula is C33H40N4O4. The summed E-state index contributed by atoms with van der Waals surface area (Å²) < 4.78 is 5.53. The van der Waals surface area contributed by atoms with Gasteiger partial charge in [-0.1, -0.05) is 68.7 Å². The number of rotatable bonds is 10. The van der Waals surface area contributed by atoms with Crippen LogP contribution in [0, 0.1) is 13.8 Å². The van der Waals surface area contributed by atoms with Crippen LogP contribution in [0.25, 0.3) is 0 Å². The second-order valence-electron chi connectivity index (χ2n) is 10.7. The largest absolute Gasteiger partial charge is 0.457 e. The predicted octanol–water partition coefficient (Wildman–Crippen LogP) is 5.56. The minimum atomic E-state index is -0.634. The molecule has 2 amide bonds. The molecule has 3 aromatic rings. The third-order valence-corrected chi connectivity index (χ3v) is 7.52. The molecule has 41 heavy (non-hydrogen) atoms. The monoisotopic (exact) mass is 556 g/mol. The quantitative estimate of drug-likeness (QED) is 0.240. The van der Waals surface area contributed by atoms with Crippen LogP contribution in [0.3, 0.4) is 0 Å². The fraction of sp³-hybridized carbons (Fsp3) is 0.424. The molecule has 1 fully saturated rings. The smallest absolute Gasteiger partial charge is 0.342 e. The van der Waals surface area contributed by atoms with Crippen LogP contribution in [0.5, 0.6) is 0 Å². The minimum Gasteiger partial charge on any atom is -0.457 e. The van der Waals surface area contributed by atoms with Gasteiger partial charge in [-0.05, 0) is 56.9 Å². The van der Waals surface area contributed by atoms with Crippen molar-refractivity contribution in [1.82, 2.24) is 19.8 Å². The number of benzene rings is 2. The van der Waals surface area contributed by atoms with E-state index < -0.39 is 5.97 Å². The van der Waals surface area contributed by atoms with Gasteiger partial charge >= 0.3 is 5.97 Å². The van der Waals surface area contributed by atoms with Crippen molar-refractivity contribution in [3.8, 4) is 0 Å². The van der Waals surface area contributed by atoms with Crippen LogP contribution in [0.1, 0.15) is 93.4 Å². The number of nitrogens with zero attached hydrogens (tertiary/aromatic N) is 4. The molecule has 0 spiro atoms. The van der Waals surface area contributed by atoms with Crippen molar-refractivity contribution in [3.63, 3.8) is 0 Å². The number of carbonyl (C=O) groups is 3. The van der Waals surface area contributed by atoms with Gasteiger partial charge in [-0.25, -0.2) is 14.8 Å². The number of aryl methyl sites for hydroxylation is 3. The van der Waals surface area contributed by atoms with Gasteiger partial charge in [-0.3, -0.25) is 9.59 Å². The number of amides is 2. The van der Waals surface area contributed by atoms with E-state index in [0.29, 0.717) is 36.7 Å². The highest BCUT2D eigenvalue weighted by Crippen LogP contribution is 2.21. The summed E-state index contributed by atoms with van der Waals surface area (Å²) in [6.45, 7) is 8.66. The van der Waals surface area contributed by atoms with E-state index >= 15 is 0 Å². The van der Waals surface area contributed by atoms with Crippen LogP contribution in [-0.4, -0.2) is 63.2 Å². The van der Waals surface area contributed by atoms with E-state index in [4.69, 9.17) is 4.74 Å². The molecule has 0 bridgehead atoms. The Morgan fingerprint density at radius 3 is 2.29 bits per heavy atom. The van der Waals surface area contributed by atoms with E-state index in [1.807, 2.05) is 66.4 Å². The molecule has 1 saturated heterocycles. The van der Waals surface area contributed by atoms with E-state index in [0.717, 1.165) is 18.4 Å². The number of esters is 1. The minimum absolute atomic E-state index is 0.0366. The molecule has 0 saturated carbocycles. The molecule has 2 heterocycles. The van der Waals surface area contributed by atoms with Crippen molar-refractivity contribution < 1.29 is 19.1 Å². The average Bonchev–Trinajstić information content (AvgIpc) is 2.98. The van der Waals surface area contributed by atoms with Gasteiger partial charge in [-0.2, -0.15) is 0 Å². The number of ether oxygens (including phenoxy) is 1. The Kier molecular flexibility index (Phi) is 10.2. The van der Waals surface area contributed by atoms with Crippen LogP contribution < -0.4 is 0 Å². The number of hydrogen-bond donors (Lipinski definition) is 0. The number of hydrogen-bond acceptors (Lipinski definition) is 6. The van der Waals surface area contributed by atoms with Crippen molar-refractivity contribution in [1.29, 1.82) is 0 Å². The van der Waals surface area contributed by atoms with Gasteiger partial charge in [0.15, 0.2) is 0 Å². The highest BCUT2D eigenvalue weighted by Gasteiger charge is 2.34. The fourth-order valence-corrected chi connectivity index (χ4v) is 5.24. The van der Waals surface area contributed by atoms with E-state index in [-0.39, 0.29) is 35.7 Å². The Morgan fingerprint density at radius 1 is 0.878 bits per heavy atom. The summed E-state index contributed by atoms with van der Waals surface area (Å²) in [5, 5.41) is 0. The normalized spacial score (nSPS) is 15.1. The Morgan fingerprint density at radius 2 is 1.61 bits per heavy atom. The van der Waals surface area contributed by atoms with E-state index in [9.17, 15) is 14.4 Å². The summed E-state index contributed by atoms with van der Waals surface area (Å²) in [4.78, 5) is 52.3. The predicted molar refractivity (Wildman–Crippen MR) is 158 cm³/mol. The lowest BCUT2D eigenvalue weighted by Crippen LogP contribution is -2.55. The third-order valence-electron chi connectivity index (χ3n) is 7.52. The molecule has 1 aliphatic heterocycles. The fourth-order valence-electron chi connectivity index (χ4n) is 5.24. The van der Waals surface area contributed by atoms with Crippen LogP contribution in [0.15, 0.2) is 54.6 Å². The van der Waals surface area contributed by atoms with Crippen molar-refractivity contribution >= 4 is 17.8 Å². The molecule has 4 rings (SSSR count). The molecule has 1 atom stereocenters. The van der Waals surface area contributed by atoms with Gasteiger partial charge in [0.2, 0.25) is 0 Å². The number of carbonyl (C=O) groups excluding carboxylic acids is 3. The number of unbranched alkanes of at least 4 members (excludes halogenated alkanes) is 3. The highest BCUT2D eigenvalue weighted by atomic mass is 16.5. The summed E-state index contributed by atoms with van der Waals surface area (Å²) >= 11 is 0. The first-order valence-electron chi connectivity index (χ1n) is 14.5. The molecule has 2 aromatic carbocycles. The summed E-state index contributed by atoms with van der Waals surface area (Å²) in [6.07, 6.45) is 5.87. The van der Waals surface area contributed by atoms with Gasteiger partial charge in [0.1, 0.15) is 23.7 Å².